The van der Waals surface area contributed by atoms with E-state index in [4.69, 9.17) is 0 Å². The first-order valence-corrected chi connectivity index (χ1v) is 8.27. The third kappa shape index (κ3) is 5.62. The van der Waals surface area contributed by atoms with Crippen LogP contribution in [0.4, 0.5) is 16.2 Å². The van der Waals surface area contributed by atoms with Gasteiger partial charge in [-0.3, -0.25) is 14.9 Å². The highest BCUT2D eigenvalue weighted by molar-refractivity contribution is 5.98. The molecule has 0 saturated heterocycles. The Balaban J connectivity index is 2.17. The lowest BCUT2D eigenvalue weighted by atomic mass is 10.1. The predicted octanol–water partition coefficient (Wildman–Crippen LogP) is 2.64. The molecule has 0 aliphatic rings. The molecule has 0 radical (unpaired) electrons. The predicted molar refractivity (Wildman–Crippen MR) is 101 cm³/mol. The Morgan fingerprint density at radius 3 is 2.12 bits per heavy atom. The Labute approximate surface area is 152 Å². The van der Waals surface area contributed by atoms with E-state index in [9.17, 15) is 14.4 Å². The minimum absolute atomic E-state index is 0.158. The van der Waals surface area contributed by atoms with Gasteiger partial charge in [0.05, 0.1) is 0 Å². The van der Waals surface area contributed by atoms with Crippen LogP contribution in [0.1, 0.15) is 25.5 Å². The van der Waals surface area contributed by atoms with Gasteiger partial charge in [-0.15, -0.1) is 0 Å². The van der Waals surface area contributed by atoms with Crippen LogP contribution in [-0.2, 0) is 9.59 Å². The molecule has 0 spiro atoms. The second kappa shape index (κ2) is 9.22. The number of carbonyl (C=O) groups excluding carboxylic acids is 3. The highest BCUT2D eigenvalue weighted by Crippen LogP contribution is 2.21. The maximum Gasteiger partial charge on any atom is 0.321 e. The van der Waals surface area contributed by atoms with Crippen molar-refractivity contribution < 1.29 is 14.4 Å². The first-order valence-electron chi connectivity index (χ1n) is 8.27. The van der Waals surface area contributed by atoms with Gasteiger partial charge in [0.2, 0.25) is 5.91 Å². The van der Waals surface area contributed by atoms with Crippen molar-refractivity contribution in [1.29, 1.82) is 0 Å². The highest BCUT2D eigenvalue weighted by atomic mass is 16.2. The largest absolute Gasteiger partial charge is 0.370 e. The first kappa shape index (κ1) is 19.0. The molecule has 0 aliphatic heterocycles. The number of rotatable bonds is 6. The van der Waals surface area contributed by atoms with Crippen molar-refractivity contribution in [2.45, 2.75) is 19.9 Å². The molecule has 7 nitrogen and oxygen atoms in total. The highest BCUT2D eigenvalue weighted by Gasteiger charge is 2.22. The number of imide groups is 1. The lowest BCUT2D eigenvalue weighted by Crippen LogP contribution is -2.43. The minimum atomic E-state index is -0.745. The molecule has 0 heterocycles. The Kier molecular flexibility index (Phi) is 6.73. The quantitative estimate of drug-likeness (QED) is 0.641. The molecule has 136 valence electrons. The fourth-order valence-corrected chi connectivity index (χ4v) is 2.35. The molecule has 4 amide bonds. The van der Waals surface area contributed by atoms with Gasteiger partial charge < -0.3 is 16.0 Å². The van der Waals surface area contributed by atoms with Gasteiger partial charge in [0.1, 0.15) is 6.04 Å². The van der Waals surface area contributed by atoms with Crippen molar-refractivity contribution >= 4 is 29.2 Å². The van der Waals surface area contributed by atoms with Crippen molar-refractivity contribution in [1.82, 2.24) is 10.6 Å². The zero-order valence-electron chi connectivity index (χ0n) is 14.7. The number of hydrogen-bond donors (Lipinski definition) is 4. The van der Waals surface area contributed by atoms with E-state index in [2.05, 4.69) is 21.3 Å². The van der Waals surface area contributed by atoms with E-state index in [0.717, 1.165) is 5.56 Å². The SMILES string of the molecule is CCNC(=O)NC(=O)[C@@H](Nc1ccc(NC(C)=O)cc1)c1ccccc1. The maximum absolute atomic E-state index is 12.6. The van der Waals surface area contributed by atoms with Crippen LogP contribution >= 0.6 is 0 Å². The number of anilines is 2. The molecule has 0 bridgehead atoms. The molecule has 0 unspecified atom stereocenters. The average molecular weight is 354 g/mol. The molecule has 0 aliphatic carbocycles. The van der Waals surface area contributed by atoms with Crippen LogP contribution in [0.15, 0.2) is 54.6 Å². The second-order valence-electron chi connectivity index (χ2n) is 5.60. The van der Waals surface area contributed by atoms with E-state index in [-0.39, 0.29) is 5.91 Å². The summed E-state index contributed by atoms with van der Waals surface area (Å²) in [6.07, 6.45) is 0. The minimum Gasteiger partial charge on any atom is -0.370 e. The van der Waals surface area contributed by atoms with Crippen LogP contribution in [0.25, 0.3) is 0 Å². The third-order valence-corrected chi connectivity index (χ3v) is 3.49. The topological polar surface area (TPSA) is 99.3 Å². The van der Waals surface area contributed by atoms with Gasteiger partial charge in [0, 0.05) is 24.8 Å². The van der Waals surface area contributed by atoms with Crippen molar-refractivity contribution in [2.24, 2.45) is 0 Å². The smallest absolute Gasteiger partial charge is 0.321 e. The van der Waals surface area contributed by atoms with E-state index in [1.165, 1.54) is 6.92 Å². The van der Waals surface area contributed by atoms with Gasteiger partial charge in [-0.25, -0.2) is 4.79 Å². The summed E-state index contributed by atoms with van der Waals surface area (Å²) in [6.45, 7) is 3.63. The Morgan fingerprint density at radius 1 is 0.923 bits per heavy atom. The lowest BCUT2D eigenvalue weighted by Gasteiger charge is -2.20. The number of nitrogens with one attached hydrogen (secondary N) is 4. The molecule has 0 saturated carbocycles. The number of hydrogen-bond acceptors (Lipinski definition) is 4. The zero-order valence-corrected chi connectivity index (χ0v) is 14.7. The van der Waals surface area contributed by atoms with Crippen molar-refractivity contribution in [3.8, 4) is 0 Å². The number of carbonyl (C=O) groups is 3. The van der Waals surface area contributed by atoms with Crippen LogP contribution in [0, 0.1) is 0 Å². The molecular weight excluding hydrogens is 332 g/mol. The van der Waals surface area contributed by atoms with E-state index in [0.29, 0.717) is 17.9 Å². The summed E-state index contributed by atoms with van der Waals surface area (Å²) in [5.74, 6) is -0.623. The van der Waals surface area contributed by atoms with Crippen molar-refractivity contribution in [3.63, 3.8) is 0 Å². The molecule has 26 heavy (non-hydrogen) atoms. The maximum atomic E-state index is 12.6. The average Bonchev–Trinajstić information content (AvgIpc) is 2.61. The summed E-state index contributed by atoms with van der Waals surface area (Å²) >= 11 is 0. The van der Waals surface area contributed by atoms with E-state index in [1.54, 1.807) is 43.3 Å². The summed E-state index contributed by atoms with van der Waals surface area (Å²) in [7, 11) is 0. The fraction of sp³-hybridized carbons (Fsp3) is 0.211. The number of benzene rings is 2. The third-order valence-electron chi connectivity index (χ3n) is 3.49. The fourth-order valence-electron chi connectivity index (χ4n) is 2.35. The molecule has 2 aromatic rings. The Hall–Kier alpha value is -3.35. The van der Waals surface area contributed by atoms with Crippen LogP contribution in [-0.4, -0.2) is 24.4 Å². The summed E-state index contributed by atoms with van der Waals surface area (Å²) < 4.78 is 0. The summed E-state index contributed by atoms with van der Waals surface area (Å²) in [4.78, 5) is 35.3. The molecule has 2 aromatic carbocycles. The molecule has 2 rings (SSSR count). The monoisotopic (exact) mass is 354 g/mol. The van der Waals surface area contributed by atoms with Gasteiger partial charge in [0.25, 0.3) is 5.91 Å². The zero-order chi connectivity index (χ0) is 18.9. The first-order chi connectivity index (χ1) is 12.5. The summed E-state index contributed by atoms with van der Waals surface area (Å²) in [6, 6.07) is 14.8. The molecule has 4 N–H and O–H groups in total. The number of urea groups is 1. The molecular formula is C19H22N4O3. The van der Waals surface area contributed by atoms with E-state index >= 15 is 0 Å². The lowest BCUT2D eigenvalue weighted by molar-refractivity contribution is -0.121. The number of amides is 4. The van der Waals surface area contributed by atoms with Crippen molar-refractivity contribution in [2.75, 3.05) is 17.2 Å². The summed E-state index contributed by atoms with van der Waals surface area (Å²) in [5.41, 5.74) is 2.06. The van der Waals surface area contributed by atoms with Gasteiger partial charge in [0.15, 0.2) is 0 Å². The molecule has 0 aromatic heterocycles. The molecule has 1 atom stereocenters. The van der Waals surface area contributed by atoms with E-state index < -0.39 is 18.0 Å². The Morgan fingerprint density at radius 2 is 1.54 bits per heavy atom. The van der Waals surface area contributed by atoms with Gasteiger partial charge >= 0.3 is 6.03 Å². The molecule has 0 fully saturated rings. The molecule has 7 heteroatoms. The van der Waals surface area contributed by atoms with Crippen LogP contribution in [0.5, 0.6) is 0 Å². The van der Waals surface area contributed by atoms with Crippen LogP contribution in [0.2, 0.25) is 0 Å². The normalized spacial score (nSPS) is 11.2. The Bertz CT molecular complexity index is 760. The summed E-state index contributed by atoms with van der Waals surface area (Å²) in [5, 5.41) is 10.7. The standard InChI is InChI=1S/C19H22N4O3/c1-3-20-19(26)23-18(25)17(14-7-5-4-6-8-14)22-16-11-9-15(10-12-16)21-13(2)24/h4-12,17,22H,3H2,1-2H3,(H,21,24)(H2,20,23,25,26)/t17-/m0/s1. The van der Waals surface area contributed by atoms with Gasteiger partial charge in [-0.2, -0.15) is 0 Å². The second-order valence-corrected chi connectivity index (χ2v) is 5.60. The van der Waals surface area contributed by atoms with E-state index in [1.807, 2.05) is 18.2 Å². The van der Waals surface area contributed by atoms with Crippen molar-refractivity contribution in [3.05, 3.63) is 60.2 Å². The van der Waals surface area contributed by atoms with Crippen LogP contribution in [0.3, 0.4) is 0 Å². The van der Waals surface area contributed by atoms with Gasteiger partial charge in [-0.1, -0.05) is 30.3 Å². The van der Waals surface area contributed by atoms with Crippen LogP contribution < -0.4 is 21.3 Å². The van der Waals surface area contributed by atoms with Gasteiger partial charge in [-0.05, 0) is 36.8 Å².